The van der Waals surface area contributed by atoms with Gasteiger partial charge in [-0.2, -0.15) is 5.26 Å². The van der Waals surface area contributed by atoms with Crippen LogP contribution in [0.3, 0.4) is 0 Å². The molecule has 24 heavy (non-hydrogen) atoms. The number of carbonyl (C=O) groups excluding carboxylic acids is 1. The number of nitriles is 1. The van der Waals surface area contributed by atoms with Crippen LogP contribution in [0, 0.1) is 11.3 Å². The first-order chi connectivity index (χ1) is 11.5. The number of amides is 1. The number of nitrogens with two attached hydrogens (primary N) is 1. The van der Waals surface area contributed by atoms with Gasteiger partial charge < -0.3 is 15.2 Å². The molecule has 0 unspecified atom stereocenters. The Hall–Kier alpha value is -2.97. The van der Waals surface area contributed by atoms with Crippen LogP contribution in [-0.4, -0.2) is 13.0 Å². The van der Waals surface area contributed by atoms with Crippen molar-refractivity contribution >= 4 is 23.6 Å². The summed E-state index contributed by atoms with van der Waals surface area (Å²) in [6, 6.07) is 14.2. The van der Waals surface area contributed by atoms with Crippen molar-refractivity contribution in [1.29, 1.82) is 5.26 Å². The normalized spacial score (nSPS) is 10.8. The zero-order valence-electron chi connectivity index (χ0n) is 13.0. The van der Waals surface area contributed by atoms with Crippen LogP contribution >= 0.6 is 11.6 Å². The van der Waals surface area contributed by atoms with Crippen LogP contribution in [0.15, 0.2) is 48.0 Å². The van der Waals surface area contributed by atoms with Crippen molar-refractivity contribution in [3.63, 3.8) is 0 Å². The monoisotopic (exact) mass is 342 g/mol. The molecule has 2 rings (SSSR count). The Bertz CT molecular complexity index is 825. The Morgan fingerprint density at radius 1 is 1.29 bits per heavy atom. The average molecular weight is 343 g/mol. The lowest BCUT2D eigenvalue weighted by Gasteiger charge is -2.12. The molecule has 2 N–H and O–H groups in total. The minimum absolute atomic E-state index is 0.141. The van der Waals surface area contributed by atoms with Crippen LogP contribution in [-0.2, 0) is 11.4 Å². The van der Waals surface area contributed by atoms with E-state index in [0.29, 0.717) is 22.1 Å². The number of hydrogen-bond donors (Lipinski definition) is 1. The number of methoxy groups -OCH3 is 1. The zero-order valence-corrected chi connectivity index (χ0v) is 13.7. The van der Waals surface area contributed by atoms with E-state index in [1.165, 1.54) is 13.2 Å². The lowest BCUT2D eigenvalue weighted by molar-refractivity contribution is -0.114. The van der Waals surface area contributed by atoms with Gasteiger partial charge in [0.25, 0.3) is 5.91 Å². The Labute approximate surface area is 144 Å². The average Bonchev–Trinajstić information content (AvgIpc) is 2.58. The van der Waals surface area contributed by atoms with Crippen LogP contribution < -0.4 is 15.2 Å². The fourth-order valence-corrected chi connectivity index (χ4v) is 2.18. The van der Waals surface area contributed by atoms with E-state index in [0.717, 1.165) is 5.56 Å². The number of ether oxygens (including phenoxy) is 2. The number of carbonyl (C=O) groups is 1. The molecule has 5 nitrogen and oxygen atoms in total. The van der Waals surface area contributed by atoms with Crippen molar-refractivity contribution in [2.75, 3.05) is 7.11 Å². The van der Waals surface area contributed by atoms with Gasteiger partial charge in [0.2, 0.25) is 0 Å². The molecule has 6 heteroatoms. The SMILES string of the molecule is COc1ccc(/C=C(/C#N)C(N)=O)cc1OCc1ccccc1Cl. The summed E-state index contributed by atoms with van der Waals surface area (Å²) >= 11 is 6.11. The molecule has 0 aliphatic heterocycles. The number of primary amides is 1. The fourth-order valence-electron chi connectivity index (χ4n) is 1.99. The molecule has 0 atom stereocenters. The summed E-state index contributed by atoms with van der Waals surface area (Å²) in [7, 11) is 1.53. The molecule has 0 aliphatic carbocycles. The second-order valence-electron chi connectivity index (χ2n) is 4.82. The minimum Gasteiger partial charge on any atom is -0.493 e. The minimum atomic E-state index is -0.785. The van der Waals surface area contributed by atoms with E-state index < -0.39 is 5.91 Å². The first-order valence-electron chi connectivity index (χ1n) is 7.01. The van der Waals surface area contributed by atoms with Crippen LogP contribution in [0.4, 0.5) is 0 Å². The molecule has 122 valence electrons. The molecule has 0 aliphatic rings. The highest BCUT2D eigenvalue weighted by molar-refractivity contribution is 6.31. The van der Waals surface area contributed by atoms with Crippen LogP contribution in [0.1, 0.15) is 11.1 Å². The summed E-state index contributed by atoms with van der Waals surface area (Å²) in [5.74, 6) is 0.205. The number of nitrogens with zero attached hydrogens (tertiary/aromatic N) is 1. The number of benzene rings is 2. The van der Waals surface area contributed by atoms with E-state index >= 15 is 0 Å². The van der Waals surface area contributed by atoms with Gasteiger partial charge in [0.15, 0.2) is 11.5 Å². The van der Waals surface area contributed by atoms with Gasteiger partial charge in [-0.3, -0.25) is 4.79 Å². The Kier molecular flexibility index (Phi) is 5.83. The molecule has 0 aromatic heterocycles. The maximum atomic E-state index is 11.2. The molecule has 0 spiro atoms. The zero-order chi connectivity index (χ0) is 17.5. The molecule has 0 fully saturated rings. The lowest BCUT2D eigenvalue weighted by atomic mass is 10.1. The van der Waals surface area contributed by atoms with Gasteiger partial charge in [-0.05, 0) is 29.8 Å². The van der Waals surface area contributed by atoms with Gasteiger partial charge in [-0.1, -0.05) is 35.9 Å². The molecule has 0 heterocycles. The van der Waals surface area contributed by atoms with E-state index in [1.54, 1.807) is 30.3 Å². The molecule has 1 amide bonds. The fraction of sp³-hybridized carbons (Fsp3) is 0.111. The standard InChI is InChI=1S/C18H15ClN2O3/c1-23-16-7-6-12(8-14(10-20)18(21)22)9-17(16)24-11-13-4-2-3-5-15(13)19/h2-9H,11H2,1H3,(H2,21,22)/b14-8-. The number of halogens is 1. The smallest absolute Gasteiger partial charge is 0.259 e. The molecular weight excluding hydrogens is 328 g/mol. The summed E-state index contributed by atoms with van der Waals surface area (Å²) in [6.45, 7) is 0.254. The van der Waals surface area contributed by atoms with E-state index in [4.69, 9.17) is 32.1 Å². The van der Waals surface area contributed by atoms with Crippen LogP contribution in [0.5, 0.6) is 11.5 Å². The van der Waals surface area contributed by atoms with E-state index in [9.17, 15) is 4.79 Å². The van der Waals surface area contributed by atoms with Gasteiger partial charge in [-0.15, -0.1) is 0 Å². The third-order valence-corrected chi connectivity index (χ3v) is 3.59. The molecule has 0 saturated carbocycles. The third kappa shape index (κ3) is 4.28. The van der Waals surface area contributed by atoms with Crippen LogP contribution in [0.25, 0.3) is 6.08 Å². The molecular formula is C18H15ClN2O3. The maximum absolute atomic E-state index is 11.2. The molecule has 2 aromatic rings. The van der Waals surface area contributed by atoms with Gasteiger partial charge in [0.1, 0.15) is 18.2 Å². The number of hydrogen-bond acceptors (Lipinski definition) is 4. The van der Waals surface area contributed by atoms with Gasteiger partial charge in [0.05, 0.1) is 7.11 Å². The highest BCUT2D eigenvalue weighted by atomic mass is 35.5. The molecule has 0 saturated heterocycles. The molecule has 2 aromatic carbocycles. The second-order valence-corrected chi connectivity index (χ2v) is 5.23. The van der Waals surface area contributed by atoms with Crippen molar-refractivity contribution in [3.05, 3.63) is 64.2 Å². The van der Waals surface area contributed by atoms with E-state index in [-0.39, 0.29) is 12.2 Å². The van der Waals surface area contributed by atoms with Crippen molar-refractivity contribution in [2.24, 2.45) is 5.73 Å². The first kappa shape index (κ1) is 17.4. The Morgan fingerprint density at radius 2 is 2.04 bits per heavy atom. The van der Waals surface area contributed by atoms with Crippen molar-refractivity contribution in [3.8, 4) is 17.6 Å². The third-order valence-electron chi connectivity index (χ3n) is 3.23. The largest absolute Gasteiger partial charge is 0.493 e. The predicted molar refractivity (Wildman–Crippen MR) is 91.6 cm³/mol. The summed E-state index contributed by atoms with van der Waals surface area (Å²) in [5, 5.41) is 9.53. The Morgan fingerprint density at radius 3 is 2.67 bits per heavy atom. The highest BCUT2D eigenvalue weighted by Crippen LogP contribution is 2.30. The summed E-state index contributed by atoms with van der Waals surface area (Å²) < 4.78 is 11.0. The van der Waals surface area contributed by atoms with Gasteiger partial charge >= 0.3 is 0 Å². The lowest BCUT2D eigenvalue weighted by Crippen LogP contribution is -2.12. The van der Waals surface area contributed by atoms with E-state index in [2.05, 4.69) is 0 Å². The molecule has 0 radical (unpaired) electrons. The second kappa shape index (κ2) is 8.04. The highest BCUT2D eigenvalue weighted by Gasteiger charge is 2.09. The quantitative estimate of drug-likeness (QED) is 0.644. The summed E-state index contributed by atoms with van der Waals surface area (Å²) in [4.78, 5) is 11.2. The predicted octanol–water partition coefficient (Wildman–Crippen LogP) is 3.32. The van der Waals surface area contributed by atoms with Gasteiger partial charge in [-0.25, -0.2) is 0 Å². The topological polar surface area (TPSA) is 85.3 Å². The molecule has 0 bridgehead atoms. The van der Waals surface area contributed by atoms with Crippen molar-refractivity contribution in [2.45, 2.75) is 6.61 Å². The maximum Gasteiger partial charge on any atom is 0.259 e. The van der Waals surface area contributed by atoms with Crippen molar-refractivity contribution in [1.82, 2.24) is 0 Å². The Balaban J connectivity index is 2.28. The van der Waals surface area contributed by atoms with Gasteiger partial charge in [0, 0.05) is 10.6 Å². The van der Waals surface area contributed by atoms with Crippen LogP contribution in [0.2, 0.25) is 5.02 Å². The van der Waals surface area contributed by atoms with Crippen molar-refractivity contribution < 1.29 is 14.3 Å². The summed E-state index contributed by atoms with van der Waals surface area (Å²) in [6.07, 6.45) is 1.39. The first-order valence-corrected chi connectivity index (χ1v) is 7.38. The van der Waals surface area contributed by atoms with E-state index in [1.807, 2.05) is 18.2 Å². The number of rotatable bonds is 6. The summed E-state index contributed by atoms with van der Waals surface area (Å²) in [5.41, 5.74) is 6.43.